The highest BCUT2D eigenvalue weighted by Crippen LogP contribution is 2.10. The maximum atomic E-state index is 12.1. The van der Waals surface area contributed by atoms with Crippen LogP contribution in [-0.2, 0) is 11.2 Å². The summed E-state index contributed by atoms with van der Waals surface area (Å²) in [5.74, 6) is 0. The molecule has 1 aliphatic rings. The summed E-state index contributed by atoms with van der Waals surface area (Å²) in [6.45, 7) is 6.64. The highest BCUT2D eigenvalue weighted by atomic mass is 16.5. The summed E-state index contributed by atoms with van der Waals surface area (Å²) in [6, 6.07) is 12.0. The van der Waals surface area contributed by atoms with Crippen LogP contribution in [0.25, 0.3) is 5.69 Å². The second-order valence-electron chi connectivity index (χ2n) is 5.74. The van der Waals surface area contributed by atoms with Gasteiger partial charge in [-0.3, -0.25) is 14.3 Å². The molecule has 0 unspecified atom stereocenters. The van der Waals surface area contributed by atoms with Crippen molar-refractivity contribution >= 4 is 0 Å². The lowest BCUT2D eigenvalue weighted by Crippen LogP contribution is -2.37. The fourth-order valence-electron chi connectivity index (χ4n) is 2.74. The van der Waals surface area contributed by atoms with Crippen LogP contribution in [0.3, 0.4) is 0 Å². The second-order valence-corrected chi connectivity index (χ2v) is 5.74. The SMILES string of the molecule is Cc1cccn(-c2ccc(CCN3CCOCC3)cc2)c1=O. The van der Waals surface area contributed by atoms with E-state index in [9.17, 15) is 4.79 Å². The summed E-state index contributed by atoms with van der Waals surface area (Å²) in [7, 11) is 0. The molecule has 1 saturated heterocycles. The lowest BCUT2D eigenvalue weighted by molar-refractivity contribution is 0.0384. The zero-order valence-corrected chi connectivity index (χ0v) is 13.0. The number of pyridine rings is 1. The predicted molar refractivity (Wildman–Crippen MR) is 87.7 cm³/mol. The van der Waals surface area contributed by atoms with Crippen LogP contribution in [0.2, 0.25) is 0 Å². The number of aryl methyl sites for hydroxylation is 1. The zero-order chi connectivity index (χ0) is 15.4. The molecular weight excluding hydrogens is 276 g/mol. The van der Waals surface area contributed by atoms with Crippen LogP contribution in [0.4, 0.5) is 0 Å². The fourth-order valence-corrected chi connectivity index (χ4v) is 2.74. The van der Waals surface area contributed by atoms with Crippen molar-refractivity contribution in [3.8, 4) is 5.69 Å². The Labute approximate surface area is 131 Å². The third-order valence-corrected chi connectivity index (χ3v) is 4.17. The van der Waals surface area contributed by atoms with Crippen molar-refractivity contribution < 1.29 is 4.74 Å². The predicted octanol–water partition coefficient (Wildman–Crippen LogP) is 2.02. The number of aromatic nitrogens is 1. The molecule has 1 aliphatic heterocycles. The van der Waals surface area contributed by atoms with Gasteiger partial charge in [0.15, 0.2) is 0 Å². The lowest BCUT2D eigenvalue weighted by Gasteiger charge is -2.26. The van der Waals surface area contributed by atoms with E-state index in [-0.39, 0.29) is 5.56 Å². The molecule has 0 amide bonds. The van der Waals surface area contributed by atoms with Gasteiger partial charge in [-0.1, -0.05) is 18.2 Å². The Hall–Kier alpha value is -1.91. The van der Waals surface area contributed by atoms with Gasteiger partial charge in [0.2, 0.25) is 0 Å². The minimum absolute atomic E-state index is 0.0450. The lowest BCUT2D eigenvalue weighted by atomic mass is 10.1. The first kappa shape index (κ1) is 15.0. The van der Waals surface area contributed by atoms with Gasteiger partial charge in [-0.25, -0.2) is 0 Å². The molecule has 0 bridgehead atoms. The Kier molecular flexibility index (Phi) is 4.71. The normalized spacial score (nSPS) is 15.9. The Balaban J connectivity index is 1.67. The van der Waals surface area contributed by atoms with Crippen LogP contribution in [0.5, 0.6) is 0 Å². The standard InChI is InChI=1S/C18H22N2O2/c1-15-3-2-9-20(18(15)21)17-6-4-16(5-7-17)8-10-19-11-13-22-14-12-19/h2-7,9H,8,10-14H2,1H3. The third kappa shape index (κ3) is 3.46. The summed E-state index contributed by atoms with van der Waals surface area (Å²) in [6.07, 6.45) is 2.85. The van der Waals surface area contributed by atoms with Crippen molar-refractivity contribution in [1.29, 1.82) is 0 Å². The van der Waals surface area contributed by atoms with Crippen LogP contribution in [-0.4, -0.2) is 42.3 Å². The largest absolute Gasteiger partial charge is 0.379 e. The monoisotopic (exact) mass is 298 g/mol. The van der Waals surface area contributed by atoms with Gasteiger partial charge < -0.3 is 4.74 Å². The highest BCUT2D eigenvalue weighted by molar-refractivity contribution is 5.35. The smallest absolute Gasteiger partial charge is 0.257 e. The van der Waals surface area contributed by atoms with Crippen LogP contribution in [0.1, 0.15) is 11.1 Å². The van der Waals surface area contributed by atoms with Crippen molar-refractivity contribution in [2.45, 2.75) is 13.3 Å². The molecule has 1 fully saturated rings. The Morgan fingerprint density at radius 1 is 1.09 bits per heavy atom. The average molecular weight is 298 g/mol. The van der Waals surface area contributed by atoms with Gasteiger partial charge in [0, 0.05) is 37.1 Å². The number of rotatable bonds is 4. The maximum Gasteiger partial charge on any atom is 0.257 e. The molecule has 0 aliphatic carbocycles. The molecule has 116 valence electrons. The molecule has 0 atom stereocenters. The Morgan fingerprint density at radius 2 is 1.82 bits per heavy atom. The molecule has 4 nitrogen and oxygen atoms in total. The van der Waals surface area contributed by atoms with Gasteiger partial charge in [0.05, 0.1) is 13.2 Å². The van der Waals surface area contributed by atoms with E-state index in [1.165, 1.54) is 5.56 Å². The fraction of sp³-hybridized carbons (Fsp3) is 0.389. The summed E-state index contributed by atoms with van der Waals surface area (Å²) in [5.41, 5.74) is 3.03. The van der Waals surface area contributed by atoms with E-state index in [0.29, 0.717) is 0 Å². The summed E-state index contributed by atoms with van der Waals surface area (Å²) in [4.78, 5) is 14.6. The second kappa shape index (κ2) is 6.90. The minimum Gasteiger partial charge on any atom is -0.379 e. The zero-order valence-electron chi connectivity index (χ0n) is 13.0. The molecule has 2 aromatic rings. The third-order valence-electron chi connectivity index (χ3n) is 4.17. The summed E-state index contributed by atoms with van der Waals surface area (Å²) < 4.78 is 7.06. The van der Waals surface area contributed by atoms with Crippen LogP contribution in [0, 0.1) is 6.92 Å². The molecule has 0 spiro atoms. The number of nitrogens with zero attached hydrogens (tertiary/aromatic N) is 2. The number of hydrogen-bond donors (Lipinski definition) is 0. The number of benzene rings is 1. The van der Waals surface area contributed by atoms with E-state index >= 15 is 0 Å². The van der Waals surface area contributed by atoms with Crippen molar-refractivity contribution in [2.24, 2.45) is 0 Å². The molecule has 0 N–H and O–H groups in total. The van der Waals surface area contributed by atoms with Crippen molar-refractivity contribution in [1.82, 2.24) is 9.47 Å². The van der Waals surface area contributed by atoms with E-state index in [2.05, 4.69) is 17.0 Å². The van der Waals surface area contributed by atoms with Crippen LogP contribution in [0.15, 0.2) is 47.4 Å². The summed E-state index contributed by atoms with van der Waals surface area (Å²) in [5, 5.41) is 0. The topological polar surface area (TPSA) is 34.5 Å². The van der Waals surface area contributed by atoms with E-state index in [0.717, 1.165) is 50.5 Å². The first-order valence-electron chi connectivity index (χ1n) is 7.82. The molecule has 1 aromatic carbocycles. The number of ether oxygens (including phenoxy) is 1. The van der Waals surface area contributed by atoms with Gasteiger partial charge in [0.1, 0.15) is 0 Å². The molecular formula is C18H22N2O2. The molecule has 22 heavy (non-hydrogen) atoms. The van der Waals surface area contributed by atoms with Crippen LogP contribution < -0.4 is 5.56 Å². The number of morpholine rings is 1. The Bertz CT molecular complexity index is 670. The van der Waals surface area contributed by atoms with E-state index < -0.39 is 0 Å². The molecule has 0 radical (unpaired) electrons. The van der Waals surface area contributed by atoms with E-state index in [4.69, 9.17) is 4.74 Å². The molecule has 4 heteroatoms. The summed E-state index contributed by atoms with van der Waals surface area (Å²) >= 11 is 0. The van der Waals surface area contributed by atoms with Crippen molar-refractivity contribution in [3.05, 3.63) is 64.1 Å². The van der Waals surface area contributed by atoms with Gasteiger partial charge in [-0.05, 0) is 37.1 Å². The van der Waals surface area contributed by atoms with Gasteiger partial charge in [0.25, 0.3) is 5.56 Å². The molecule has 3 rings (SSSR count). The molecule has 0 saturated carbocycles. The van der Waals surface area contributed by atoms with Crippen LogP contribution >= 0.6 is 0 Å². The van der Waals surface area contributed by atoms with Gasteiger partial charge >= 0.3 is 0 Å². The van der Waals surface area contributed by atoms with Gasteiger partial charge in [-0.15, -0.1) is 0 Å². The van der Waals surface area contributed by atoms with E-state index in [1.807, 2.05) is 37.4 Å². The average Bonchev–Trinajstić information content (AvgIpc) is 2.57. The first-order valence-corrected chi connectivity index (χ1v) is 7.82. The number of hydrogen-bond acceptors (Lipinski definition) is 3. The van der Waals surface area contributed by atoms with E-state index in [1.54, 1.807) is 4.57 Å². The molecule has 2 heterocycles. The minimum atomic E-state index is 0.0450. The van der Waals surface area contributed by atoms with Crippen molar-refractivity contribution in [3.63, 3.8) is 0 Å². The quantitative estimate of drug-likeness (QED) is 0.866. The first-order chi connectivity index (χ1) is 10.7. The maximum absolute atomic E-state index is 12.1. The van der Waals surface area contributed by atoms with Crippen molar-refractivity contribution in [2.75, 3.05) is 32.8 Å². The Morgan fingerprint density at radius 3 is 2.55 bits per heavy atom. The van der Waals surface area contributed by atoms with Gasteiger partial charge in [-0.2, -0.15) is 0 Å². The molecule has 1 aromatic heterocycles. The highest BCUT2D eigenvalue weighted by Gasteiger charge is 2.09.